The maximum atomic E-state index is 12.2. The van der Waals surface area contributed by atoms with Crippen molar-refractivity contribution in [2.45, 2.75) is 4.90 Å². The molecule has 2 amide bonds. The Kier molecular flexibility index (Phi) is 6.05. The van der Waals surface area contributed by atoms with Crippen LogP contribution in [0.3, 0.4) is 0 Å². The van der Waals surface area contributed by atoms with Gasteiger partial charge in [-0.2, -0.15) is 0 Å². The predicted octanol–water partition coefficient (Wildman–Crippen LogP) is 2.54. The van der Waals surface area contributed by atoms with Crippen LogP contribution in [0, 0.1) is 0 Å². The van der Waals surface area contributed by atoms with Crippen molar-refractivity contribution in [3.8, 4) is 11.5 Å². The molecule has 0 aliphatic carbocycles. The molecule has 0 aromatic heterocycles. The molecule has 3 rings (SSSR count). The minimum absolute atomic E-state index is 0.129. The molecule has 2 aromatic rings. The first-order chi connectivity index (χ1) is 13.5. The molecule has 0 saturated carbocycles. The second-order valence-corrected chi connectivity index (χ2v) is 6.76. The van der Waals surface area contributed by atoms with Crippen LogP contribution in [0.25, 0.3) is 0 Å². The lowest BCUT2D eigenvalue weighted by Crippen LogP contribution is -2.22. The van der Waals surface area contributed by atoms with Gasteiger partial charge in [0, 0.05) is 11.0 Å². The van der Waals surface area contributed by atoms with E-state index in [0.717, 1.165) is 4.90 Å². The summed E-state index contributed by atoms with van der Waals surface area (Å²) in [5, 5.41) is 5.32. The molecule has 2 N–H and O–H groups in total. The third kappa shape index (κ3) is 4.55. The third-order valence-electron chi connectivity index (χ3n) is 3.87. The minimum Gasteiger partial charge on any atom is -0.497 e. The summed E-state index contributed by atoms with van der Waals surface area (Å²) in [6.07, 6.45) is 0. The fourth-order valence-corrected chi connectivity index (χ4v) is 3.30. The summed E-state index contributed by atoms with van der Waals surface area (Å²) < 4.78 is 15.4. The molecule has 0 fully saturated rings. The molecule has 1 heterocycles. The van der Waals surface area contributed by atoms with E-state index in [1.54, 1.807) is 30.3 Å². The standard InChI is InChI=1S/C19H18N2O6S/c1-25-12-4-5-13(15(8-12)26-2)20-17(22)9-27-19(24)11-3-6-16-14(7-11)21-18(23)10-28-16/h3-8H,9-10H2,1-2H3,(H,20,22)(H,21,23). The summed E-state index contributed by atoms with van der Waals surface area (Å²) in [4.78, 5) is 36.7. The number of nitrogens with one attached hydrogen (secondary N) is 2. The quantitative estimate of drug-likeness (QED) is 0.716. The van der Waals surface area contributed by atoms with Crippen molar-refractivity contribution >= 4 is 40.9 Å². The van der Waals surface area contributed by atoms with Gasteiger partial charge >= 0.3 is 5.97 Å². The first-order valence-corrected chi connectivity index (χ1v) is 9.24. The highest BCUT2D eigenvalue weighted by molar-refractivity contribution is 8.00. The lowest BCUT2D eigenvalue weighted by atomic mass is 10.2. The van der Waals surface area contributed by atoms with Crippen molar-refractivity contribution < 1.29 is 28.6 Å². The Morgan fingerprint density at radius 2 is 1.96 bits per heavy atom. The first kappa shape index (κ1) is 19.6. The Bertz CT molecular complexity index is 931. The molecule has 0 unspecified atom stereocenters. The molecule has 2 aromatic carbocycles. The van der Waals surface area contributed by atoms with Crippen LogP contribution in [0.15, 0.2) is 41.3 Å². The van der Waals surface area contributed by atoms with Crippen LogP contribution in [-0.2, 0) is 14.3 Å². The number of benzene rings is 2. The van der Waals surface area contributed by atoms with E-state index >= 15 is 0 Å². The maximum absolute atomic E-state index is 12.2. The number of rotatable bonds is 6. The Balaban J connectivity index is 1.60. The second-order valence-electron chi connectivity index (χ2n) is 5.74. The highest BCUT2D eigenvalue weighted by Gasteiger charge is 2.18. The third-order valence-corrected chi connectivity index (χ3v) is 4.94. The average Bonchev–Trinajstić information content (AvgIpc) is 2.71. The number of ether oxygens (including phenoxy) is 3. The molecule has 146 valence electrons. The minimum atomic E-state index is -0.663. The van der Waals surface area contributed by atoms with Crippen molar-refractivity contribution in [2.24, 2.45) is 0 Å². The van der Waals surface area contributed by atoms with Gasteiger partial charge in [0.15, 0.2) is 6.61 Å². The van der Waals surface area contributed by atoms with E-state index in [-0.39, 0.29) is 11.5 Å². The smallest absolute Gasteiger partial charge is 0.338 e. The lowest BCUT2D eigenvalue weighted by molar-refractivity contribution is -0.119. The summed E-state index contributed by atoms with van der Waals surface area (Å²) in [5.41, 5.74) is 1.23. The fourth-order valence-electron chi connectivity index (χ4n) is 2.51. The number of carbonyl (C=O) groups excluding carboxylic acids is 3. The van der Waals surface area contributed by atoms with Crippen molar-refractivity contribution in [1.29, 1.82) is 0 Å². The van der Waals surface area contributed by atoms with Gasteiger partial charge in [0.05, 0.1) is 36.9 Å². The zero-order valence-electron chi connectivity index (χ0n) is 15.2. The topological polar surface area (TPSA) is 103 Å². The van der Waals surface area contributed by atoms with Crippen molar-refractivity contribution in [2.75, 3.05) is 37.2 Å². The maximum Gasteiger partial charge on any atom is 0.338 e. The molecule has 0 spiro atoms. The average molecular weight is 402 g/mol. The molecule has 1 aliphatic heterocycles. The first-order valence-electron chi connectivity index (χ1n) is 8.26. The van der Waals surface area contributed by atoms with E-state index in [2.05, 4.69) is 10.6 Å². The van der Waals surface area contributed by atoms with Crippen molar-refractivity contribution in [1.82, 2.24) is 0 Å². The Labute approximate surface area is 165 Å². The van der Waals surface area contributed by atoms with E-state index in [1.165, 1.54) is 32.0 Å². The van der Waals surface area contributed by atoms with Gasteiger partial charge in [-0.1, -0.05) is 0 Å². The normalized spacial score (nSPS) is 12.4. The largest absolute Gasteiger partial charge is 0.497 e. The van der Waals surface area contributed by atoms with Crippen LogP contribution in [0.2, 0.25) is 0 Å². The SMILES string of the molecule is COc1ccc(NC(=O)COC(=O)c2ccc3c(c2)NC(=O)CS3)c(OC)c1. The van der Waals surface area contributed by atoms with Gasteiger partial charge in [-0.15, -0.1) is 11.8 Å². The molecule has 0 atom stereocenters. The summed E-state index contributed by atoms with van der Waals surface area (Å²) in [6, 6.07) is 9.78. The highest BCUT2D eigenvalue weighted by atomic mass is 32.2. The van der Waals surface area contributed by atoms with E-state index in [0.29, 0.717) is 28.6 Å². The van der Waals surface area contributed by atoms with Gasteiger partial charge in [-0.25, -0.2) is 4.79 Å². The van der Waals surface area contributed by atoms with Gasteiger partial charge in [0.25, 0.3) is 5.91 Å². The Hall–Kier alpha value is -3.20. The van der Waals surface area contributed by atoms with Gasteiger partial charge in [-0.05, 0) is 30.3 Å². The summed E-state index contributed by atoms with van der Waals surface area (Å²) in [6.45, 7) is -0.466. The molecule has 1 aliphatic rings. The summed E-state index contributed by atoms with van der Waals surface area (Å²) in [5.74, 6) is 0.0334. The molecule has 9 heteroatoms. The van der Waals surface area contributed by atoms with E-state index in [1.807, 2.05) is 0 Å². The zero-order chi connectivity index (χ0) is 20.1. The van der Waals surface area contributed by atoms with Gasteiger partial charge in [0.2, 0.25) is 5.91 Å². The van der Waals surface area contributed by atoms with Crippen LogP contribution in [-0.4, -0.2) is 44.4 Å². The number of anilines is 2. The zero-order valence-corrected chi connectivity index (χ0v) is 16.1. The number of fused-ring (bicyclic) bond motifs is 1. The fraction of sp³-hybridized carbons (Fsp3) is 0.211. The number of esters is 1. The summed E-state index contributed by atoms with van der Waals surface area (Å²) in [7, 11) is 2.99. The monoisotopic (exact) mass is 402 g/mol. The van der Waals surface area contributed by atoms with E-state index in [9.17, 15) is 14.4 Å². The Morgan fingerprint density at radius 3 is 2.71 bits per heavy atom. The Morgan fingerprint density at radius 1 is 1.14 bits per heavy atom. The van der Waals surface area contributed by atoms with Crippen LogP contribution < -0.4 is 20.1 Å². The molecule has 28 heavy (non-hydrogen) atoms. The van der Waals surface area contributed by atoms with Crippen LogP contribution in [0.4, 0.5) is 11.4 Å². The highest BCUT2D eigenvalue weighted by Crippen LogP contribution is 2.32. The molecule has 0 bridgehead atoms. The van der Waals surface area contributed by atoms with Crippen LogP contribution in [0.1, 0.15) is 10.4 Å². The summed E-state index contributed by atoms with van der Waals surface area (Å²) >= 11 is 1.39. The number of amides is 2. The number of methoxy groups -OCH3 is 2. The van der Waals surface area contributed by atoms with E-state index < -0.39 is 18.5 Å². The van der Waals surface area contributed by atoms with Crippen LogP contribution in [0.5, 0.6) is 11.5 Å². The van der Waals surface area contributed by atoms with E-state index in [4.69, 9.17) is 14.2 Å². The van der Waals surface area contributed by atoms with Gasteiger partial charge in [-0.3, -0.25) is 9.59 Å². The second kappa shape index (κ2) is 8.66. The molecule has 0 radical (unpaired) electrons. The number of carbonyl (C=O) groups is 3. The van der Waals surface area contributed by atoms with Crippen LogP contribution >= 0.6 is 11.8 Å². The number of thioether (sulfide) groups is 1. The number of hydrogen-bond donors (Lipinski definition) is 2. The van der Waals surface area contributed by atoms with Gasteiger partial charge in [0.1, 0.15) is 11.5 Å². The van der Waals surface area contributed by atoms with Crippen molar-refractivity contribution in [3.63, 3.8) is 0 Å². The lowest BCUT2D eigenvalue weighted by Gasteiger charge is -2.16. The molecule has 0 saturated heterocycles. The van der Waals surface area contributed by atoms with Crippen molar-refractivity contribution in [3.05, 3.63) is 42.0 Å². The van der Waals surface area contributed by atoms with Gasteiger partial charge < -0.3 is 24.8 Å². The predicted molar refractivity (Wildman–Crippen MR) is 104 cm³/mol. The molecule has 8 nitrogen and oxygen atoms in total. The molecular weight excluding hydrogens is 384 g/mol. The number of hydrogen-bond acceptors (Lipinski definition) is 7. The molecular formula is C19H18N2O6S.